The van der Waals surface area contributed by atoms with Crippen molar-refractivity contribution in [3.63, 3.8) is 0 Å². The van der Waals surface area contributed by atoms with Gasteiger partial charge in [0.15, 0.2) is 0 Å². The zero-order valence-corrected chi connectivity index (χ0v) is 17.0. The van der Waals surface area contributed by atoms with Crippen LogP contribution in [-0.2, 0) is 6.54 Å². The number of carbonyl (C=O) groups excluding carboxylic acids is 1. The molecule has 0 saturated carbocycles. The SMILES string of the molecule is CN(Cc1ccccc1)C(=O)c1cccc(Nc2cc(-c3ccc(F)cc3)ncn2)c1. The lowest BCUT2D eigenvalue weighted by Crippen LogP contribution is -2.26. The third-order valence-corrected chi connectivity index (χ3v) is 4.80. The van der Waals surface area contributed by atoms with Crippen LogP contribution in [0, 0.1) is 5.82 Å². The van der Waals surface area contributed by atoms with E-state index in [2.05, 4.69) is 15.3 Å². The number of halogens is 1. The Morgan fingerprint density at radius 2 is 1.71 bits per heavy atom. The maximum Gasteiger partial charge on any atom is 0.253 e. The van der Waals surface area contributed by atoms with Crippen molar-refractivity contribution in [2.75, 3.05) is 12.4 Å². The van der Waals surface area contributed by atoms with Crippen LogP contribution in [0.2, 0.25) is 0 Å². The Balaban J connectivity index is 1.49. The minimum absolute atomic E-state index is 0.0674. The van der Waals surface area contributed by atoms with Crippen molar-refractivity contribution < 1.29 is 9.18 Å². The highest BCUT2D eigenvalue weighted by atomic mass is 19.1. The van der Waals surface area contributed by atoms with Crippen LogP contribution < -0.4 is 5.32 Å². The molecular formula is C25H21FN4O. The quantitative estimate of drug-likeness (QED) is 0.467. The smallest absolute Gasteiger partial charge is 0.253 e. The number of nitrogens with one attached hydrogen (secondary N) is 1. The minimum atomic E-state index is -0.296. The van der Waals surface area contributed by atoms with E-state index in [1.807, 2.05) is 42.5 Å². The summed E-state index contributed by atoms with van der Waals surface area (Å²) in [5.41, 5.74) is 3.85. The minimum Gasteiger partial charge on any atom is -0.340 e. The number of carbonyl (C=O) groups is 1. The molecule has 0 spiro atoms. The largest absolute Gasteiger partial charge is 0.340 e. The Kier molecular flexibility index (Phi) is 5.98. The van der Waals surface area contributed by atoms with Gasteiger partial charge in [0.2, 0.25) is 0 Å². The molecule has 0 bridgehead atoms. The van der Waals surface area contributed by atoms with E-state index in [4.69, 9.17) is 0 Å². The van der Waals surface area contributed by atoms with Crippen molar-refractivity contribution in [3.8, 4) is 11.3 Å². The topological polar surface area (TPSA) is 58.1 Å². The molecule has 31 heavy (non-hydrogen) atoms. The molecule has 1 aromatic heterocycles. The summed E-state index contributed by atoms with van der Waals surface area (Å²) in [5, 5.41) is 3.21. The first kappa shape index (κ1) is 20.2. The fourth-order valence-corrected chi connectivity index (χ4v) is 3.23. The highest BCUT2D eigenvalue weighted by molar-refractivity contribution is 5.95. The van der Waals surface area contributed by atoms with Gasteiger partial charge in [0.25, 0.3) is 5.91 Å². The molecule has 0 atom stereocenters. The van der Waals surface area contributed by atoms with Crippen LogP contribution in [0.3, 0.4) is 0 Å². The van der Waals surface area contributed by atoms with Gasteiger partial charge in [0.05, 0.1) is 5.69 Å². The van der Waals surface area contributed by atoms with Crippen LogP contribution in [0.1, 0.15) is 15.9 Å². The Labute approximate surface area is 180 Å². The molecule has 4 rings (SSSR count). The molecule has 154 valence electrons. The molecule has 0 aliphatic rings. The highest BCUT2D eigenvalue weighted by Gasteiger charge is 2.13. The third kappa shape index (κ3) is 5.11. The van der Waals surface area contributed by atoms with E-state index in [0.717, 1.165) is 16.8 Å². The van der Waals surface area contributed by atoms with E-state index in [0.29, 0.717) is 23.6 Å². The van der Waals surface area contributed by atoms with Crippen LogP contribution in [0.5, 0.6) is 0 Å². The maximum absolute atomic E-state index is 13.2. The zero-order valence-electron chi connectivity index (χ0n) is 17.0. The van der Waals surface area contributed by atoms with Gasteiger partial charge in [0, 0.05) is 36.5 Å². The summed E-state index contributed by atoms with van der Waals surface area (Å²) >= 11 is 0. The second kappa shape index (κ2) is 9.17. The van der Waals surface area contributed by atoms with E-state index in [-0.39, 0.29) is 11.7 Å². The monoisotopic (exact) mass is 412 g/mol. The molecule has 0 radical (unpaired) electrons. The van der Waals surface area contributed by atoms with Gasteiger partial charge in [0.1, 0.15) is 18.0 Å². The molecule has 5 nitrogen and oxygen atoms in total. The van der Waals surface area contributed by atoms with Gasteiger partial charge in [-0.15, -0.1) is 0 Å². The Morgan fingerprint density at radius 1 is 0.935 bits per heavy atom. The van der Waals surface area contributed by atoms with Crippen molar-refractivity contribution in [1.29, 1.82) is 0 Å². The lowest BCUT2D eigenvalue weighted by molar-refractivity contribution is 0.0785. The number of hydrogen-bond acceptors (Lipinski definition) is 4. The number of anilines is 2. The van der Waals surface area contributed by atoms with Gasteiger partial charge < -0.3 is 10.2 Å². The van der Waals surface area contributed by atoms with Gasteiger partial charge in [-0.2, -0.15) is 0 Å². The number of nitrogens with zero attached hydrogens (tertiary/aromatic N) is 3. The summed E-state index contributed by atoms with van der Waals surface area (Å²) in [7, 11) is 1.79. The van der Waals surface area contributed by atoms with Crippen LogP contribution >= 0.6 is 0 Å². The van der Waals surface area contributed by atoms with Gasteiger partial charge in [-0.25, -0.2) is 14.4 Å². The van der Waals surface area contributed by atoms with Crippen molar-refractivity contribution in [1.82, 2.24) is 14.9 Å². The number of hydrogen-bond donors (Lipinski definition) is 1. The Bertz CT molecular complexity index is 1180. The van der Waals surface area contributed by atoms with Crippen LogP contribution in [-0.4, -0.2) is 27.8 Å². The lowest BCUT2D eigenvalue weighted by Gasteiger charge is -2.18. The summed E-state index contributed by atoms with van der Waals surface area (Å²) in [5.74, 6) is 0.216. The van der Waals surface area contributed by atoms with E-state index >= 15 is 0 Å². The molecule has 0 aliphatic carbocycles. The normalized spacial score (nSPS) is 10.5. The van der Waals surface area contributed by atoms with Crippen LogP contribution in [0.25, 0.3) is 11.3 Å². The molecule has 1 N–H and O–H groups in total. The molecule has 0 saturated heterocycles. The molecule has 1 heterocycles. The Hall–Kier alpha value is -4.06. The van der Waals surface area contributed by atoms with Gasteiger partial charge in [-0.1, -0.05) is 36.4 Å². The number of rotatable bonds is 6. The van der Waals surface area contributed by atoms with Crippen molar-refractivity contribution in [2.24, 2.45) is 0 Å². The van der Waals surface area contributed by atoms with E-state index < -0.39 is 0 Å². The summed E-state index contributed by atoms with van der Waals surface area (Å²) < 4.78 is 13.2. The zero-order chi connectivity index (χ0) is 21.6. The van der Waals surface area contributed by atoms with Gasteiger partial charge in [-0.3, -0.25) is 4.79 Å². The predicted octanol–water partition coefficient (Wildman–Crippen LogP) is 5.30. The molecule has 0 unspecified atom stereocenters. The van der Waals surface area contributed by atoms with Crippen LogP contribution in [0.15, 0.2) is 91.3 Å². The van der Waals surface area contributed by atoms with Crippen LogP contribution in [0.4, 0.5) is 15.9 Å². The van der Waals surface area contributed by atoms with Gasteiger partial charge >= 0.3 is 0 Å². The number of aromatic nitrogens is 2. The summed E-state index contributed by atoms with van der Waals surface area (Å²) in [6, 6.07) is 25.1. The highest BCUT2D eigenvalue weighted by Crippen LogP contribution is 2.22. The molecule has 0 fully saturated rings. The Morgan fingerprint density at radius 3 is 2.48 bits per heavy atom. The molecule has 1 amide bonds. The average Bonchev–Trinajstić information content (AvgIpc) is 2.80. The van der Waals surface area contributed by atoms with Crippen molar-refractivity contribution in [2.45, 2.75) is 6.54 Å². The first-order valence-corrected chi connectivity index (χ1v) is 9.83. The van der Waals surface area contributed by atoms with E-state index in [9.17, 15) is 9.18 Å². The lowest BCUT2D eigenvalue weighted by atomic mass is 10.1. The predicted molar refractivity (Wildman–Crippen MR) is 119 cm³/mol. The second-order valence-electron chi connectivity index (χ2n) is 7.15. The number of amides is 1. The van der Waals surface area contributed by atoms with E-state index in [1.165, 1.54) is 18.5 Å². The van der Waals surface area contributed by atoms with Gasteiger partial charge in [-0.05, 0) is 48.0 Å². The fourth-order valence-electron chi connectivity index (χ4n) is 3.23. The summed E-state index contributed by atoms with van der Waals surface area (Å²) in [6.07, 6.45) is 1.45. The van der Waals surface area contributed by atoms with Crippen molar-refractivity contribution in [3.05, 3.63) is 108 Å². The molecule has 3 aromatic carbocycles. The molecular weight excluding hydrogens is 391 g/mol. The third-order valence-electron chi connectivity index (χ3n) is 4.80. The molecule has 0 aliphatic heterocycles. The first-order valence-electron chi connectivity index (χ1n) is 9.83. The second-order valence-corrected chi connectivity index (χ2v) is 7.15. The fraction of sp³-hybridized carbons (Fsp3) is 0.0800. The van der Waals surface area contributed by atoms with Crippen molar-refractivity contribution >= 4 is 17.4 Å². The summed E-state index contributed by atoms with van der Waals surface area (Å²) in [6.45, 7) is 0.532. The average molecular weight is 412 g/mol. The number of benzene rings is 3. The standard InChI is InChI=1S/C25H21FN4O/c1-30(16-18-6-3-2-4-7-18)25(31)20-8-5-9-22(14-20)29-24-15-23(27-17-28-24)19-10-12-21(26)13-11-19/h2-15,17H,16H2,1H3,(H,27,28,29). The first-order chi connectivity index (χ1) is 15.1. The van der Waals surface area contributed by atoms with E-state index in [1.54, 1.807) is 42.3 Å². The molecule has 4 aromatic rings. The summed E-state index contributed by atoms with van der Waals surface area (Å²) in [4.78, 5) is 23.1. The maximum atomic E-state index is 13.2. The molecule has 6 heteroatoms.